The van der Waals surface area contributed by atoms with Crippen molar-refractivity contribution in [3.63, 3.8) is 0 Å². The van der Waals surface area contributed by atoms with Gasteiger partial charge >= 0.3 is 0 Å². The molecule has 0 heterocycles. The molecule has 0 aliphatic heterocycles. The van der Waals surface area contributed by atoms with E-state index in [1.54, 1.807) is 6.08 Å². The highest BCUT2D eigenvalue weighted by Crippen LogP contribution is 2.21. The van der Waals surface area contributed by atoms with Gasteiger partial charge in [0, 0.05) is 0 Å². The molecule has 2 aromatic rings. The third-order valence-corrected chi connectivity index (χ3v) is 2.60. The second kappa shape index (κ2) is 5.86. The second-order valence-electron chi connectivity index (χ2n) is 3.62. The summed E-state index contributed by atoms with van der Waals surface area (Å²) in [4.78, 5) is 0. The zero-order chi connectivity index (χ0) is 11.4. The van der Waals surface area contributed by atoms with Gasteiger partial charge in [-0.25, -0.2) is 0 Å². The first-order valence-corrected chi connectivity index (χ1v) is 5.29. The fourth-order valence-electron chi connectivity index (χ4n) is 1.78. The number of rotatable bonds is 3. The van der Waals surface area contributed by atoms with E-state index in [1.807, 2.05) is 12.2 Å². The van der Waals surface area contributed by atoms with Crippen LogP contribution in [0, 0.1) is 0 Å². The summed E-state index contributed by atoms with van der Waals surface area (Å²) >= 11 is 0. The Morgan fingerprint density at radius 2 is 1.65 bits per heavy atom. The van der Waals surface area contributed by atoms with Crippen LogP contribution >= 0.6 is 0 Å². The largest absolute Gasteiger partial charge is 0.0990 e. The predicted molar refractivity (Wildman–Crippen MR) is 79.1 cm³/mol. The van der Waals surface area contributed by atoms with Crippen LogP contribution in [0.15, 0.2) is 73.9 Å². The van der Waals surface area contributed by atoms with Gasteiger partial charge in [0.2, 0.25) is 0 Å². The normalized spacial score (nSPS) is 10.7. The molecule has 0 saturated heterocycles. The molecule has 2 rings (SSSR count). The molecule has 0 N–H and O–H groups in total. The van der Waals surface area contributed by atoms with Crippen LogP contribution in [-0.2, 0) is 0 Å². The second-order valence-corrected chi connectivity index (χ2v) is 3.62. The first kappa shape index (κ1) is 13.0. The summed E-state index contributed by atoms with van der Waals surface area (Å²) in [7, 11) is 0. The van der Waals surface area contributed by atoms with Gasteiger partial charge in [-0.05, 0) is 28.0 Å². The molecule has 0 amide bonds. The zero-order valence-electron chi connectivity index (χ0n) is 9.19. The van der Waals surface area contributed by atoms with Crippen molar-refractivity contribution in [3.05, 3.63) is 79.4 Å². The molecule has 0 spiro atoms. The summed E-state index contributed by atoms with van der Waals surface area (Å²) in [5, 5.41) is 2.50. The van der Waals surface area contributed by atoms with Crippen molar-refractivity contribution < 1.29 is 0 Å². The molecular formula is C17H18. The molecule has 86 valence electrons. The van der Waals surface area contributed by atoms with Gasteiger partial charge in [-0.2, -0.15) is 0 Å². The van der Waals surface area contributed by atoms with Crippen LogP contribution in [-0.4, -0.2) is 0 Å². The molecule has 0 radical (unpaired) electrons. The van der Waals surface area contributed by atoms with Gasteiger partial charge in [0.05, 0.1) is 0 Å². The lowest BCUT2D eigenvalue weighted by Gasteiger charge is -2.04. The smallest absolute Gasteiger partial charge is 0.0178 e. The first-order chi connectivity index (χ1) is 7.85. The quantitative estimate of drug-likeness (QED) is 0.624. The minimum atomic E-state index is 0. The fourth-order valence-corrected chi connectivity index (χ4v) is 1.78. The van der Waals surface area contributed by atoms with E-state index >= 15 is 0 Å². The van der Waals surface area contributed by atoms with Gasteiger partial charge in [0.1, 0.15) is 0 Å². The summed E-state index contributed by atoms with van der Waals surface area (Å²) in [5.41, 5.74) is 2.27. The first-order valence-electron chi connectivity index (χ1n) is 5.29. The van der Waals surface area contributed by atoms with E-state index < -0.39 is 0 Å². The Kier molecular flexibility index (Phi) is 4.47. The van der Waals surface area contributed by atoms with Crippen LogP contribution < -0.4 is 0 Å². The topological polar surface area (TPSA) is 0 Å². The van der Waals surface area contributed by atoms with Gasteiger partial charge < -0.3 is 0 Å². The zero-order valence-corrected chi connectivity index (χ0v) is 9.19. The lowest BCUT2D eigenvalue weighted by molar-refractivity contribution is 1.67. The molecule has 0 aliphatic carbocycles. The molecule has 0 fully saturated rings. The van der Waals surface area contributed by atoms with Crippen molar-refractivity contribution in [2.75, 3.05) is 0 Å². The van der Waals surface area contributed by atoms with Crippen LogP contribution in [0.25, 0.3) is 16.3 Å². The molecule has 0 nitrogen and oxygen atoms in total. The van der Waals surface area contributed by atoms with E-state index in [2.05, 4.69) is 55.6 Å². The third kappa shape index (κ3) is 2.73. The van der Waals surface area contributed by atoms with Crippen LogP contribution in [0.3, 0.4) is 0 Å². The average molecular weight is 222 g/mol. The van der Waals surface area contributed by atoms with Crippen molar-refractivity contribution in [1.82, 2.24) is 0 Å². The maximum absolute atomic E-state index is 3.82. The van der Waals surface area contributed by atoms with Gasteiger partial charge in [0.15, 0.2) is 0 Å². The SMILES string of the molecule is C.C=C/C=C(\C=C)c1ccc2ccccc2c1. The van der Waals surface area contributed by atoms with Gasteiger partial charge in [-0.3, -0.25) is 0 Å². The highest BCUT2D eigenvalue weighted by atomic mass is 14.0. The highest BCUT2D eigenvalue weighted by molar-refractivity contribution is 5.87. The summed E-state index contributed by atoms with van der Waals surface area (Å²) in [5.74, 6) is 0. The maximum Gasteiger partial charge on any atom is -0.0178 e. The Balaban J connectivity index is 0.00000144. The van der Waals surface area contributed by atoms with Crippen LogP contribution in [0.1, 0.15) is 13.0 Å². The molecule has 0 heteroatoms. The number of allylic oxidation sites excluding steroid dienone is 4. The van der Waals surface area contributed by atoms with Crippen molar-refractivity contribution in [2.24, 2.45) is 0 Å². The number of hydrogen-bond acceptors (Lipinski definition) is 0. The van der Waals surface area contributed by atoms with Crippen LogP contribution in [0.4, 0.5) is 0 Å². The monoisotopic (exact) mass is 222 g/mol. The molecule has 0 bridgehead atoms. The summed E-state index contributed by atoms with van der Waals surface area (Å²) in [6.07, 6.45) is 5.61. The Morgan fingerprint density at radius 3 is 2.29 bits per heavy atom. The minimum Gasteiger partial charge on any atom is -0.0990 e. The molecular weight excluding hydrogens is 204 g/mol. The van der Waals surface area contributed by atoms with Crippen LogP contribution in [0.2, 0.25) is 0 Å². The number of benzene rings is 2. The Morgan fingerprint density at radius 1 is 0.941 bits per heavy atom. The summed E-state index contributed by atoms with van der Waals surface area (Å²) in [6.45, 7) is 7.53. The van der Waals surface area contributed by atoms with Gasteiger partial charge in [-0.1, -0.05) is 75.2 Å². The standard InChI is InChI=1S/C16H14.CH4/c1-3-7-13(4-2)16-11-10-14-8-5-6-9-15(14)12-16;/h3-12H,1-2H2;1H4/b13-7+;. The lowest BCUT2D eigenvalue weighted by Crippen LogP contribution is -1.81. The predicted octanol–water partition coefficient (Wildman–Crippen LogP) is 5.23. The number of hydrogen-bond donors (Lipinski definition) is 0. The van der Waals surface area contributed by atoms with Gasteiger partial charge in [-0.15, -0.1) is 0 Å². The van der Waals surface area contributed by atoms with E-state index in [4.69, 9.17) is 0 Å². The summed E-state index contributed by atoms with van der Waals surface area (Å²) in [6, 6.07) is 14.8. The average Bonchev–Trinajstić information content (AvgIpc) is 2.35. The molecule has 2 aromatic carbocycles. The van der Waals surface area contributed by atoms with E-state index in [0.717, 1.165) is 5.57 Å². The van der Waals surface area contributed by atoms with E-state index in [9.17, 15) is 0 Å². The van der Waals surface area contributed by atoms with Crippen LogP contribution in [0.5, 0.6) is 0 Å². The molecule has 0 atom stereocenters. The molecule has 0 saturated carbocycles. The molecule has 0 aromatic heterocycles. The lowest BCUT2D eigenvalue weighted by atomic mass is 10.0. The van der Waals surface area contributed by atoms with E-state index in [-0.39, 0.29) is 7.43 Å². The van der Waals surface area contributed by atoms with Crippen molar-refractivity contribution >= 4 is 16.3 Å². The molecule has 0 unspecified atom stereocenters. The Bertz CT molecular complexity index is 559. The fraction of sp³-hybridized carbons (Fsp3) is 0.0588. The third-order valence-electron chi connectivity index (χ3n) is 2.60. The van der Waals surface area contributed by atoms with Crippen molar-refractivity contribution in [1.29, 1.82) is 0 Å². The minimum absolute atomic E-state index is 0. The van der Waals surface area contributed by atoms with Gasteiger partial charge in [0.25, 0.3) is 0 Å². The maximum atomic E-state index is 3.82. The molecule has 17 heavy (non-hydrogen) atoms. The van der Waals surface area contributed by atoms with Crippen molar-refractivity contribution in [3.8, 4) is 0 Å². The highest BCUT2D eigenvalue weighted by Gasteiger charge is 1.98. The Hall–Kier alpha value is -2.08. The summed E-state index contributed by atoms with van der Waals surface area (Å²) < 4.78 is 0. The Labute approximate surface area is 104 Å². The van der Waals surface area contributed by atoms with Crippen molar-refractivity contribution in [2.45, 2.75) is 7.43 Å². The van der Waals surface area contributed by atoms with E-state index in [0.29, 0.717) is 0 Å². The molecule has 0 aliphatic rings. The van der Waals surface area contributed by atoms with E-state index in [1.165, 1.54) is 16.3 Å². The number of fused-ring (bicyclic) bond motifs is 1.